The maximum absolute atomic E-state index is 12.2. The molecular weight excluding hydrogens is 230 g/mol. The Kier molecular flexibility index (Phi) is 2.86. The van der Waals surface area contributed by atoms with Gasteiger partial charge in [0.05, 0.1) is 17.6 Å². The predicted octanol–water partition coefficient (Wildman–Crippen LogP) is 0.881. The van der Waals surface area contributed by atoms with E-state index in [-0.39, 0.29) is 18.2 Å². The van der Waals surface area contributed by atoms with Crippen molar-refractivity contribution in [3.8, 4) is 0 Å². The van der Waals surface area contributed by atoms with Crippen LogP contribution in [0.4, 0.5) is 11.4 Å². The van der Waals surface area contributed by atoms with Crippen molar-refractivity contribution in [2.24, 2.45) is 5.73 Å². The van der Waals surface area contributed by atoms with Crippen molar-refractivity contribution < 1.29 is 9.59 Å². The number of imide groups is 1. The number of benzene rings is 1. The van der Waals surface area contributed by atoms with Crippen molar-refractivity contribution in [3.05, 3.63) is 23.8 Å². The molecule has 96 valence electrons. The average Bonchev–Trinajstić information content (AvgIpc) is 2.61. The van der Waals surface area contributed by atoms with Crippen molar-refractivity contribution >= 4 is 23.2 Å². The van der Waals surface area contributed by atoms with Gasteiger partial charge in [0.15, 0.2) is 0 Å². The fraction of sp³-hybridized carbons (Fsp3) is 0.385. The molecule has 1 aromatic rings. The molecule has 1 aromatic carbocycles. The Bertz CT molecular complexity index is 517. The van der Waals surface area contributed by atoms with Gasteiger partial charge in [-0.25, -0.2) is 4.90 Å². The highest BCUT2D eigenvalue weighted by atomic mass is 16.2. The number of carbonyl (C=O) groups excluding carboxylic acids is 2. The lowest BCUT2D eigenvalue weighted by molar-refractivity contribution is -0.128. The van der Waals surface area contributed by atoms with E-state index in [0.717, 1.165) is 11.3 Å². The van der Waals surface area contributed by atoms with Gasteiger partial charge in [-0.3, -0.25) is 9.59 Å². The molecule has 1 aliphatic rings. The first-order valence-electron chi connectivity index (χ1n) is 5.81. The molecule has 0 aromatic heterocycles. The molecule has 0 bridgehead atoms. The highest BCUT2D eigenvalue weighted by molar-refractivity contribution is 6.21. The molecular formula is C13H17N3O2. The first kappa shape index (κ1) is 12.6. The van der Waals surface area contributed by atoms with Crippen LogP contribution in [0.25, 0.3) is 0 Å². The first-order chi connectivity index (χ1) is 8.34. The molecule has 0 radical (unpaired) electrons. The van der Waals surface area contributed by atoms with Crippen LogP contribution in [-0.2, 0) is 16.0 Å². The molecule has 18 heavy (non-hydrogen) atoms. The normalized spacial score (nSPS) is 14.7. The van der Waals surface area contributed by atoms with Gasteiger partial charge in [-0.15, -0.1) is 0 Å². The van der Waals surface area contributed by atoms with Crippen molar-refractivity contribution in [1.82, 2.24) is 0 Å². The fourth-order valence-electron chi connectivity index (χ4n) is 1.99. The molecule has 2 rings (SSSR count). The zero-order chi connectivity index (χ0) is 13.5. The third-order valence-corrected chi connectivity index (χ3v) is 2.95. The number of carbonyl (C=O) groups is 2. The lowest BCUT2D eigenvalue weighted by Gasteiger charge is -2.24. The Labute approximate surface area is 106 Å². The Morgan fingerprint density at radius 2 is 2.11 bits per heavy atom. The summed E-state index contributed by atoms with van der Waals surface area (Å²) in [7, 11) is 1.81. The van der Waals surface area contributed by atoms with Crippen molar-refractivity contribution in [3.63, 3.8) is 0 Å². The Balaban J connectivity index is 2.43. The summed E-state index contributed by atoms with van der Waals surface area (Å²) in [6, 6.07) is 5.49. The molecule has 0 fully saturated rings. The summed E-state index contributed by atoms with van der Waals surface area (Å²) in [5.74, 6) is -0.592. The zero-order valence-corrected chi connectivity index (χ0v) is 10.8. The van der Waals surface area contributed by atoms with E-state index in [1.807, 2.05) is 19.2 Å². The summed E-state index contributed by atoms with van der Waals surface area (Å²) >= 11 is 0. The minimum atomic E-state index is -1.06. The van der Waals surface area contributed by atoms with Gasteiger partial charge in [-0.05, 0) is 37.6 Å². The maximum Gasteiger partial charge on any atom is 0.253 e. The van der Waals surface area contributed by atoms with Crippen LogP contribution >= 0.6 is 0 Å². The standard InChI is InChI=1S/C13H17N3O2/c1-13(2,14)12(18)16-10-5-4-9(15-3)6-8(10)7-11(16)17/h4-6,15H,7,14H2,1-3H3. The molecule has 0 spiro atoms. The minimum absolute atomic E-state index is 0.221. The van der Waals surface area contributed by atoms with E-state index < -0.39 is 5.54 Å². The number of hydrogen-bond donors (Lipinski definition) is 2. The number of amides is 2. The molecule has 0 unspecified atom stereocenters. The number of nitrogens with one attached hydrogen (secondary N) is 1. The van der Waals surface area contributed by atoms with E-state index in [1.165, 1.54) is 4.90 Å². The quantitative estimate of drug-likeness (QED) is 0.813. The smallest absolute Gasteiger partial charge is 0.253 e. The van der Waals surface area contributed by atoms with Crippen molar-refractivity contribution in [2.75, 3.05) is 17.3 Å². The topological polar surface area (TPSA) is 75.4 Å². The maximum atomic E-state index is 12.2. The number of rotatable bonds is 2. The van der Waals surface area contributed by atoms with Crippen LogP contribution < -0.4 is 16.0 Å². The molecule has 5 heteroatoms. The summed E-state index contributed by atoms with van der Waals surface area (Å²) in [4.78, 5) is 25.3. The van der Waals surface area contributed by atoms with E-state index in [4.69, 9.17) is 5.73 Å². The summed E-state index contributed by atoms with van der Waals surface area (Å²) in [5, 5.41) is 3.01. The molecule has 1 heterocycles. The molecule has 0 saturated carbocycles. The lowest BCUT2D eigenvalue weighted by atomic mass is 10.1. The van der Waals surface area contributed by atoms with Gasteiger partial charge in [-0.2, -0.15) is 0 Å². The highest BCUT2D eigenvalue weighted by Crippen LogP contribution is 2.32. The molecule has 3 N–H and O–H groups in total. The van der Waals surface area contributed by atoms with E-state index in [2.05, 4.69) is 5.32 Å². The Morgan fingerprint density at radius 1 is 1.44 bits per heavy atom. The van der Waals surface area contributed by atoms with Crippen LogP contribution in [0.15, 0.2) is 18.2 Å². The van der Waals surface area contributed by atoms with Gasteiger partial charge < -0.3 is 11.1 Å². The second kappa shape index (κ2) is 4.10. The van der Waals surface area contributed by atoms with Crippen LogP contribution in [0, 0.1) is 0 Å². The molecule has 5 nitrogen and oxygen atoms in total. The molecule has 2 amide bonds. The van der Waals surface area contributed by atoms with Crippen LogP contribution in [0.3, 0.4) is 0 Å². The van der Waals surface area contributed by atoms with Gasteiger partial charge in [-0.1, -0.05) is 0 Å². The minimum Gasteiger partial charge on any atom is -0.388 e. The zero-order valence-electron chi connectivity index (χ0n) is 10.8. The Hall–Kier alpha value is -1.88. The van der Waals surface area contributed by atoms with Crippen LogP contribution in [0.5, 0.6) is 0 Å². The third kappa shape index (κ3) is 1.97. The first-order valence-corrected chi connectivity index (χ1v) is 5.81. The van der Waals surface area contributed by atoms with E-state index >= 15 is 0 Å². The predicted molar refractivity (Wildman–Crippen MR) is 70.5 cm³/mol. The van der Waals surface area contributed by atoms with E-state index in [9.17, 15) is 9.59 Å². The summed E-state index contributed by atoms with van der Waals surface area (Å²) in [5.41, 5.74) is 7.13. The number of fused-ring (bicyclic) bond motifs is 1. The van der Waals surface area contributed by atoms with Crippen molar-refractivity contribution in [2.45, 2.75) is 25.8 Å². The van der Waals surface area contributed by atoms with E-state index in [0.29, 0.717) is 5.69 Å². The van der Waals surface area contributed by atoms with Gasteiger partial charge >= 0.3 is 0 Å². The third-order valence-electron chi connectivity index (χ3n) is 2.95. The largest absolute Gasteiger partial charge is 0.388 e. The fourth-order valence-corrected chi connectivity index (χ4v) is 1.99. The number of hydrogen-bond acceptors (Lipinski definition) is 4. The number of anilines is 2. The summed E-state index contributed by atoms with van der Waals surface area (Å²) in [6.45, 7) is 3.20. The van der Waals surface area contributed by atoms with Crippen LogP contribution in [0.1, 0.15) is 19.4 Å². The average molecular weight is 247 g/mol. The van der Waals surface area contributed by atoms with E-state index in [1.54, 1.807) is 19.9 Å². The second-order valence-electron chi connectivity index (χ2n) is 5.03. The molecule has 0 saturated heterocycles. The lowest BCUT2D eigenvalue weighted by Crippen LogP contribution is -2.52. The Morgan fingerprint density at radius 3 is 2.67 bits per heavy atom. The van der Waals surface area contributed by atoms with Gasteiger partial charge in [0, 0.05) is 12.7 Å². The number of nitrogens with zero attached hydrogens (tertiary/aromatic N) is 1. The second-order valence-corrected chi connectivity index (χ2v) is 5.03. The SMILES string of the molecule is CNc1ccc2c(c1)CC(=O)N2C(=O)C(C)(C)N. The summed E-state index contributed by atoms with van der Waals surface area (Å²) < 4.78 is 0. The van der Waals surface area contributed by atoms with Gasteiger partial charge in [0.2, 0.25) is 5.91 Å². The highest BCUT2D eigenvalue weighted by Gasteiger charge is 2.38. The van der Waals surface area contributed by atoms with Crippen LogP contribution in [0.2, 0.25) is 0 Å². The van der Waals surface area contributed by atoms with Gasteiger partial charge in [0.1, 0.15) is 0 Å². The molecule has 0 atom stereocenters. The van der Waals surface area contributed by atoms with Crippen molar-refractivity contribution in [1.29, 1.82) is 0 Å². The van der Waals surface area contributed by atoms with Gasteiger partial charge in [0.25, 0.3) is 5.91 Å². The number of nitrogens with two attached hydrogens (primary N) is 1. The molecule has 1 aliphatic heterocycles. The molecule has 0 aliphatic carbocycles. The monoisotopic (exact) mass is 247 g/mol. The summed E-state index contributed by atoms with van der Waals surface area (Å²) in [6.07, 6.45) is 0.243. The van der Waals surface area contributed by atoms with Crippen LogP contribution in [-0.4, -0.2) is 24.4 Å².